The van der Waals surface area contributed by atoms with Gasteiger partial charge in [0.25, 0.3) is 0 Å². The zero-order valence-electron chi connectivity index (χ0n) is 14.7. The van der Waals surface area contributed by atoms with Crippen molar-refractivity contribution in [3.8, 4) is 12.3 Å². The van der Waals surface area contributed by atoms with Gasteiger partial charge in [-0.25, -0.2) is 0 Å². The van der Waals surface area contributed by atoms with Gasteiger partial charge in [-0.05, 0) is 55.5 Å². The minimum absolute atomic E-state index is 0.155. The molecular weight excluding hydrogens is 300 g/mol. The minimum Gasteiger partial charge on any atom is -0.465 e. The molecular formula is C20H26N2O2. The first-order valence-electron chi connectivity index (χ1n) is 8.35. The van der Waals surface area contributed by atoms with Crippen LogP contribution < -0.4 is 10.6 Å². The summed E-state index contributed by atoms with van der Waals surface area (Å²) < 4.78 is 4.97. The summed E-state index contributed by atoms with van der Waals surface area (Å²) in [6, 6.07) is 8.06. The molecule has 4 heteroatoms. The number of hydrogen-bond acceptors (Lipinski definition) is 4. The second-order valence-corrected chi connectivity index (χ2v) is 6.87. The summed E-state index contributed by atoms with van der Waals surface area (Å²) in [6.07, 6.45) is 9.50. The third kappa shape index (κ3) is 5.34. The first-order valence-corrected chi connectivity index (χ1v) is 8.35. The Balaban J connectivity index is 2.03. The van der Waals surface area contributed by atoms with Crippen LogP contribution >= 0.6 is 0 Å². The van der Waals surface area contributed by atoms with Crippen LogP contribution in [0.2, 0.25) is 0 Å². The third-order valence-corrected chi connectivity index (χ3v) is 4.01. The summed E-state index contributed by atoms with van der Waals surface area (Å²) in [5.74, 6) is 2.40. The van der Waals surface area contributed by atoms with E-state index in [1.165, 1.54) is 0 Å². The van der Waals surface area contributed by atoms with Crippen LogP contribution in [0, 0.1) is 17.8 Å². The number of carbonyl (C=O) groups excluding carboxylic acids is 1. The predicted molar refractivity (Wildman–Crippen MR) is 97.5 cm³/mol. The summed E-state index contributed by atoms with van der Waals surface area (Å²) in [7, 11) is 0. The molecule has 0 amide bonds. The molecule has 0 saturated heterocycles. The van der Waals surface area contributed by atoms with Crippen molar-refractivity contribution in [2.24, 2.45) is 5.41 Å². The lowest BCUT2D eigenvalue weighted by Crippen LogP contribution is -2.35. The van der Waals surface area contributed by atoms with E-state index >= 15 is 0 Å². The highest BCUT2D eigenvalue weighted by Gasteiger charge is 2.28. The van der Waals surface area contributed by atoms with Gasteiger partial charge in [0, 0.05) is 23.0 Å². The van der Waals surface area contributed by atoms with Gasteiger partial charge in [-0.3, -0.25) is 4.79 Å². The average molecular weight is 326 g/mol. The van der Waals surface area contributed by atoms with E-state index in [4.69, 9.17) is 11.2 Å². The first-order chi connectivity index (χ1) is 11.4. The summed E-state index contributed by atoms with van der Waals surface area (Å²) >= 11 is 0. The van der Waals surface area contributed by atoms with E-state index in [2.05, 4.69) is 36.5 Å². The molecule has 0 saturated carbocycles. The summed E-state index contributed by atoms with van der Waals surface area (Å²) in [5.41, 5.74) is 3.15. The number of esters is 1. The Bertz CT molecular complexity index is 639. The van der Waals surface area contributed by atoms with Crippen molar-refractivity contribution >= 4 is 11.7 Å². The van der Waals surface area contributed by atoms with Crippen molar-refractivity contribution in [1.29, 1.82) is 0 Å². The highest BCUT2D eigenvalue weighted by molar-refractivity contribution is 5.71. The summed E-state index contributed by atoms with van der Waals surface area (Å²) in [5, 5.41) is 6.75. The fourth-order valence-corrected chi connectivity index (χ4v) is 3.03. The second kappa shape index (κ2) is 7.92. The van der Waals surface area contributed by atoms with E-state index in [0.717, 1.165) is 29.8 Å². The van der Waals surface area contributed by atoms with Crippen LogP contribution in [0.3, 0.4) is 0 Å². The van der Waals surface area contributed by atoms with Crippen LogP contribution in [-0.2, 0) is 9.53 Å². The SMILES string of the molecule is C#Cc1ccc(NC2C=C(NCC(=O)OCC)CC(C)(C)C2)cc1. The van der Waals surface area contributed by atoms with Gasteiger partial charge in [0.1, 0.15) is 6.54 Å². The standard InChI is InChI=1S/C20H26N2O2/c1-5-15-7-9-16(10-8-15)22-18-11-17(12-20(3,4)13-18)21-14-19(23)24-6-2/h1,7-11,18,21-22H,6,12-14H2,2-4H3. The van der Waals surface area contributed by atoms with Gasteiger partial charge in [0.15, 0.2) is 0 Å². The molecule has 0 spiro atoms. The molecule has 0 radical (unpaired) electrons. The number of rotatable bonds is 6. The lowest BCUT2D eigenvalue weighted by Gasteiger charge is -2.35. The Kier molecular flexibility index (Phi) is 5.92. The Labute approximate surface area is 144 Å². The van der Waals surface area contributed by atoms with Gasteiger partial charge in [0.2, 0.25) is 0 Å². The molecule has 2 rings (SSSR count). The van der Waals surface area contributed by atoms with Crippen LogP contribution in [0.4, 0.5) is 5.69 Å². The van der Waals surface area contributed by atoms with Gasteiger partial charge in [-0.1, -0.05) is 19.8 Å². The molecule has 1 aliphatic rings. The number of benzene rings is 1. The molecule has 1 atom stereocenters. The van der Waals surface area contributed by atoms with Crippen LogP contribution in [-0.4, -0.2) is 25.2 Å². The molecule has 1 aromatic rings. The average Bonchev–Trinajstić information content (AvgIpc) is 2.52. The fourth-order valence-electron chi connectivity index (χ4n) is 3.03. The Morgan fingerprint density at radius 1 is 1.38 bits per heavy atom. The molecule has 1 aromatic carbocycles. The van der Waals surface area contributed by atoms with E-state index in [-0.39, 0.29) is 24.0 Å². The van der Waals surface area contributed by atoms with Crippen LogP contribution in [0.1, 0.15) is 39.2 Å². The molecule has 4 nitrogen and oxygen atoms in total. The molecule has 2 N–H and O–H groups in total. The highest BCUT2D eigenvalue weighted by Crippen LogP contribution is 2.35. The minimum atomic E-state index is -0.226. The zero-order valence-corrected chi connectivity index (χ0v) is 14.7. The lowest BCUT2D eigenvalue weighted by atomic mass is 9.77. The third-order valence-electron chi connectivity index (χ3n) is 4.01. The van der Waals surface area contributed by atoms with E-state index in [1.807, 2.05) is 31.2 Å². The van der Waals surface area contributed by atoms with Crippen molar-refractivity contribution in [2.75, 3.05) is 18.5 Å². The molecule has 0 bridgehead atoms. The largest absolute Gasteiger partial charge is 0.465 e. The number of terminal acetylenes is 1. The highest BCUT2D eigenvalue weighted by atomic mass is 16.5. The van der Waals surface area contributed by atoms with Crippen molar-refractivity contribution < 1.29 is 9.53 Å². The van der Waals surface area contributed by atoms with E-state index < -0.39 is 0 Å². The number of allylic oxidation sites excluding steroid dienone is 1. The summed E-state index contributed by atoms with van der Waals surface area (Å²) in [6.45, 7) is 6.90. The van der Waals surface area contributed by atoms with Gasteiger partial charge in [-0.2, -0.15) is 0 Å². The summed E-state index contributed by atoms with van der Waals surface area (Å²) in [4.78, 5) is 11.5. The molecule has 0 fully saturated rings. The molecule has 1 aliphatic carbocycles. The van der Waals surface area contributed by atoms with Crippen molar-refractivity contribution in [3.05, 3.63) is 41.6 Å². The molecule has 0 aromatic heterocycles. The Morgan fingerprint density at radius 2 is 2.08 bits per heavy atom. The van der Waals surface area contributed by atoms with Gasteiger partial charge in [0.05, 0.1) is 6.61 Å². The molecule has 24 heavy (non-hydrogen) atoms. The number of nitrogens with one attached hydrogen (secondary N) is 2. The van der Waals surface area contributed by atoms with E-state index in [9.17, 15) is 4.79 Å². The maximum atomic E-state index is 11.5. The van der Waals surface area contributed by atoms with Gasteiger partial charge in [-0.15, -0.1) is 6.42 Å². The monoisotopic (exact) mass is 326 g/mol. The molecule has 0 heterocycles. The fraction of sp³-hybridized carbons (Fsp3) is 0.450. The van der Waals surface area contributed by atoms with Crippen LogP contribution in [0.25, 0.3) is 0 Å². The van der Waals surface area contributed by atoms with Crippen LogP contribution in [0.15, 0.2) is 36.0 Å². The van der Waals surface area contributed by atoms with Crippen molar-refractivity contribution in [2.45, 2.75) is 39.7 Å². The van der Waals surface area contributed by atoms with Gasteiger partial charge >= 0.3 is 5.97 Å². The van der Waals surface area contributed by atoms with Crippen molar-refractivity contribution in [1.82, 2.24) is 5.32 Å². The number of hydrogen-bond donors (Lipinski definition) is 2. The quantitative estimate of drug-likeness (QED) is 0.622. The lowest BCUT2D eigenvalue weighted by molar-refractivity contribution is -0.141. The number of anilines is 1. The smallest absolute Gasteiger partial charge is 0.325 e. The van der Waals surface area contributed by atoms with E-state index in [0.29, 0.717) is 6.61 Å². The maximum Gasteiger partial charge on any atom is 0.325 e. The molecule has 0 aliphatic heterocycles. The number of carbonyl (C=O) groups is 1. The molecule has 128 valence electrons. The second-order valence-electron chi connectivity index (χ2n) is 6.87. The Morgan fingerprint density at radius 3 is 2.71 bits per heavy atom. The topological polar surface area (TPSA) is 50.4 Å². The predicted octanol–water partition coefficient (Wildman–Crippen LogP) is 3.31. The number of ether oxygens (including phenoxy) is 1. The zero-order chi connectivity index (χ0) is 17.6. The van der Waals surface area contributed by atoms with E-state index in [1.54, 1.807) is 0 Å². The maximum absolute atomic E-state index is 11.5. The Hall–Kier alpha value is -2.41. The van der Waals surface area contributed by atoms with Gasteiger partial charge < -0.3 is 15.4 Å². The molecule has 1 unspecified atom stereocenters. The van der Waals surface area contributed by atoms with Crippen LogP contribution in [0.5, 0.6) is 0 Å². The van der Waals surface area contributed by atoms with Crippen molar-refractivity contribution in [3.63, 3.8) is 0 Å². The normalized spacial score (nSPS) is 18.9. The first kappa shape index (κ1) is 17.9.